The summed E-state index contributed by atoms with van der Waals surface area (Å²) in [4.78, 5) is 19.5. The van der Waals surface area contributed by atoms with E-state index in [9.17, 15) is 4.79 Å². The summed E-state index contributed by atoms with van der Waals surface area (Å²) in [6.07, 6.45) is 1.13. The Balaban J connectivity index is 1.63. The molecule has 0 aliphatic carbocycles. The number of rotatable bonds is 4. The highest BCUT2D eigenvalue weighted by molar-refractivity contribution is 9.10. The standard InChI is InChI=1S/C16H16BrN3O3/c17-10-1-2-12-11(5-10)14-15(23-12)16(21)20-13(19-14)8-22-7-9-3-4-18-6-9/h1-2,5,9,18H,3-4,6-8H2,(H,19,20,21). The van der Waals surface area contributed by atoms with Gasteiger partial charge in [0.1, 0.15) is 23.5 Å². The van der Waals surface area contributed by atoms with Gasteiger partial charge in [0.05, 0.1) is 6.61 Å². The lowest BCUT2D eigenvalue weighted by Gasteiger charge is -2.08. The van der Waals surface area contributed by atoms with Gasteiger partial charge in [-0.1, -0.05) is 15.9 Å². The van der Waals surface area contributed by atoms with E-state index in [4.69, 9.17) is 9.15 Å². The molecule has 7 heteroatoms. The largest absolute Gasteiger partial charge is 0.449 e. The molecule has 2 aromatic heterocycles. The Hall–Kier alpha value is -1.70. The van der Waals surface area contributed by atoms with Crippen LogP contribution in [0.4, 0.5) is 0 Å². The van der Waals surface area contributed by atoms with Crippen molar-refractivity contribution in [3.63, 3.8) is 0 Å². The van der Waals surface area contributed by atoms with Crippen LogP contribution in [-0.2, 0) is 11.3 Å². The van der Waals surface area contributed by atoms with Gasteiger partial charge in [-0.3, -0.25) is 4.79 Å². The molecular formula is C16H16BrN3O3. The van der Waals surface area contributed by atoms with E-state index in [1.54, 1.807) is 0 Å². The molecular weight excluding hydrogens is 362 g/mol. The number of hydrogen-bond donors (Lipinski definition) is 2. The van der Waals surface area contributed by atoms with Crippen molar-refractivity contribution in [1.29, 1.82) is 0 Å². The monoisotopic (exact) mass is 377 g/mol. The first-order valence-corrected chi connectivity index (χ1v) is 8.39. The number of H-pyrrole nitrogens is 1. The average molecular weight is 378 g/mol. The van der Waals surface area contributed by atoms with Crippen molar-refractivity contribution in [2.75, 3.05) is 19.7 Å². The molecule has 0 spiro atoms. The molecule has 1 aromatic carbocycles. The fourth-order valence-corrected chi connectivity index (χ4v) is 3.28. The molecule has 0 saturated carbocycles. The zero-order valence-corrected chi connectivity index (χ0v) is 14.0. The number of aromatic nitrogens is 2. The SMILES string of the molecule is O=c1[nH]c(COCC2CCNC2)nc2c1oc1ccc(Br)cc12. The molecule has 1 fully saturated rings. The summed E-state index contributed by atoms with van der Waals surface area (Å²) in [5.74, 6) is 1.06. The predicted molar refractivity (Wildman–Crippen MR) is 90.5 cm³/mol. The Labute approximate surface area is 140 Å². The summed E-state index contributed by atoms with van der Waals surface area (Å²) in [6, 6.07) is 5.60. The lowest BCUT2D eigenvalue weighted by Crippen LogP contribution is -2.16. The second-order valence-corrected chi connectivity index (χ2v) is 6.72. The minimum atomic E-state index is -0.275. The maximum absolute atomic E-state index is 12.2. The van der Waals surface area contributed by atoms with Crippen molar-refractivity contribution in [1.82, 2.24) is 15.3 Å². The van der Waals surface area contributed by atoms with Crippen LogP contribution in [0, 0.1) is 5.92 Å². The number of benzene rings is 1. The summed E-state index contributed by atoms with van der Waals surface area (Å²) in [6.45, 7) is 3.00. The molecule has 23 heavy (non-hydrogen) atoms. The van der Waals surface area contributed by atoms with Crippen LogP contribution in [0.15, 0.2) is 31.9 Å². The van der Waals surface area contributed by atoms with Gasteiger partial charge >= 0.3 is 0 Å². The van der Waals surface area contributed by atoms with Gasteiger partial charge in [0, 0.05) is 16.4 Å². The van der Waals surface area contributed by atoms with Gasteiger partial charge in [0.25, 0.3) is 5.56 Å². The molecule has 6 nitrogen and oxygen atoms in total. The van der Waals surface area contributed by atoms with Gasteiger partial charge in [0.2, 0.25) is 5.58 Å². The molecule has 3 heterocycles. The van der Waals surface area contributed by atoms with E-state index >= 15 is 0 Å². The topological polar surface area (TPSA) is 80.2 Å². The summed E-state index contributed by atoms with van der Waals surface area (Å²) in [5, 5.41) is 4.13. The van der Waals surface area contributed by atoms with E-state index in [1.807, 2.05) is 18.2 Å². The second-order valence-electron chi connectivity index (χ2n) is 5.81. The van der Waals surface area contributed by atoms with Crippen LogP contribution >= 0.6 is 15.9 Å². The molecule has 1 unspecified atom stereocenters. The minimum Gasteiger partial charge on any atom is -0.449 e. The van der Waals surface area contributed by atoms with Crippen molar-refractivity contribution >= 4 is 38.0 Å². The van der Waals surface area contributed by atoms with Crippen LogP contribution in [0.3, 0.4) is 0 Å². The number of halogens is 1. The summed E-state index contributed by atoms with van der Waals surface area (Å²) in [7, 11) is 0. The lowest BCUT2D eigenvalue weighted by molar-refractivity contribution is 0.0879. The Morgan fingerprint density at radius 2 is 2.35 bits per heavy atom. The first kappa shape index (κ1) is 14.9. The fraction of sp³-hybridized carbons (Fsp3) is 0.375. The molecule has 0 bridgehead atoms. The number of furan rings is 1. The number of nitrogens with zero attached hydrogens (tertiary/aromatic N) is 1. The van der Waals surface area contributed by atoms with Crippen LogP contribution in [0.5, 0.6) is 0 Å². The van der Waals surface area contributed by atoms with Gasteiger partial charge in [-0.25, -0.2) is 4.98 Å². The minimum absolute atomic E-state index is 0.252. The first-order valence-electron chi connectivity index (χ1n) is 7.60. The quantitative estimate of drug-likeness (QED) is 0.730. The first-order chi connectivity index (χ1) is 11.2. The second kappa shape index (κ2) is 6.07. The average Bonchev–Trinajstić information content (AvgIpc) is 3.16. The zero-order valence-electron chi connectivity index (χ0n) is 12.4. The Bertz CT molecular complexity index is 912. The van der Waals surface area contributed by atoms with E-state index in [2.05, 4.69) is 31.2 Å². The van der Waals surface area contributed by atoms with E-state index in [0.717, 1.165) is 29.4 Å². The van der Waals surface area contributed by atoms with Gasteiger partial charge in [0.15, 0.2) is 0 Å². The molecule has 1 atom stereocenters. The molecule has 0 amide bonds. The number of aromatic amines is 1. The maximum atomic E-state index is 12.2. The lowest BCUT2D eigenvalue weighted by atomic mass is 10.1. The maximum Gasteiger partial charge on any atom is 0.294 e. The van der Waals surface area contributed by atoms with Crippen molar-refractivity contribution in [3.05, 3.63) is 38.9 Å². The van der Waals surface area contributed by atoms with Crippen molar-refractivity contribution < 1.29 is 9.15 Å². The number of hydrogen-bond acceptors (Lipinski definition) is 5. The summed E-state index contributed by atoms with van der Waals surface area (Å²) in [5.41, 5.74) is 1.20. The van der Waals surface area contributed by atoms with Crippen molar-refractivity contribution in [2.45, 2.75) is 13.0 Å². The molecule has 4 rings (SSSR count). The fourth-order valence-electron chi connectivity index (χ4n) is 2.92. The highest BCUT2D eigenvalue weighted by Gasteiger charge is 2.16. The third kappa shape index (κ3) is 2.91. The smallest absolute Gasteiger partial charge is 0.294 e. The van der Waals surface area contributed by atoms with Crippen LogP contribution in [-0.4, -0.2) is 29.7 Å². The molecule has 2 N–H and O–H groups in total. The molecule has 0 radical (unpaired) electrons. The molecule has 120 valence electrons. The molecule has 1 saturated heterocycles. The Morgan fingerprint density at radius 1 is 1.43 bits per heavy atom. The van der Waals surface area contributed by atoms with Crippen LogP contribution in [0.1, 0.15) is 12.2 Å². The normalized spacial score (nSPS) is 18.2. The third-order valence-corrected chi connectivity index (χ3v) is 4.58. The van der Waals surface area contributed by atoms with Crippen LogP contribution in [0.25, 0.3) is 22.1 Å². The van der Waals surface area contributed by atoms with E-state index in [1.165, 1.54) is 0 Å². The Kier molecular flexibility index (Phi) is 3.92. The molecule has 3 aromatic rings. The zero-order chi connectivity index (χ0) is 15.8. The predicted octanol–water partition coefficient (Wildman–Crippen LogP) is 2.56. The number of nitrogens with one attached hydrogen (secondary N) is 2. The number of ether oxygens (including phenoxy) is 1. The van der Waals surface area contributed by atoms with Crippen LogP contribution in [0.2, 0.25) is 0 Å². The molecule has 1 aliphatic rings. The van der Waals surface area contributed by atoms with Crippen LogP contribution < -0.4 is 10.9 Å². The summed E-state index contributed by atoms with van der Waals surface area (Å²) >= 11 is 3.43. The summed E-state index contributed by atoms with van der Waals surface area (Å²) < 4.78 is 12.2. The van der Waals surface area contributed by atoms with Gasteiger partial charge in [-0.2, -0.15) is 0 Å². The number of fused-ring (bicyclic) bond motifs is 3. The van der Waals surface area contributed by atoms with Crippen molar-refractivity contribution in [3.8, 4) is 0 Å². The van der Waals surface area contributed by atoms with Crippen molar-refractivity contribution in [2.24, 2.45) is 5.92 Å². The van der Waals surface area contributed by atoms with E-state index in [0.29, 0.717) is 36.1 Å². The van der Waals surface area contributed by atoms with Gasteiger partial charge < -0.3 is 19.5 Å². The van der Waals surface area contributed by atoms with Gasteiger partial charge in [-0.05, 0) is 37.1 Å². The van der Waals surface area contributed by atoms with E-state index in [-0.39, 0.29) is 11.1 Å². The van der Waals surface area contributed by atoms with E-state index < -0.39 is 0 Å². The highest BCUT2D eigenvalue weighted by atomic mass is 79.9. The highest BCUT2D eigenvalue weighted by Crippen LogP contribution is 2.27. The third-order valence-electron chi connectivity index (χ3n) is 4.09. The van der Waals surface area contributed by atoms with Gasteiger partial charge in [-0.15, -0.1) is 0 Å². The molecule has 1 aliphatic heterocycles. The Morgan fingerprint density at radius 3 is 3.17 bits per heavy atom.